The number of hydrogen-bond donors (Lipinski definition) is 1. The predicted molar refractivity (Wildman–Crippen MR) is 125 cm³/mol. The molecule has 0 spiro atoms. The minimum absolute atomic E-state index is 0.0107. The van der Waals surface area contributed by atoms with Gasteiger partial charge in [0.05, 0.1) is 11.6 Å². The van der Waals surface area contributed by atoms with Crippen LogP contribution in [0.5, 0.6) is 5.75 Å². The lowest BCUT2D eigenvalue weighted by Crippen LogP contribution is -2.15. The fourth-order valence-electron chi connectivity index (χ4n) is 2.84. The summed E-state index contributed by atoms with van der Waals surface area (Å²) < 4.78 is 21.6. The van der Waals surface area contributed by atoms with E-state index in [9.17, 15) is 9.18 Å². The smallest absolute Gasteiger partial charge is 0.277 e. The molecule has 1 N–H and O–H groups in total. The Morgan fingerprint density at radius 2 is 1.73 bits per heavy atom. The first-order valence-electron chi connectivity index (χ1n) is 9.38. The number of amides is 1. The molecule has 12 heteroatoms. The van der Waals surface area contributed by atoms with Gasteiger partial charge in [-0.25, -0.2) is 9.07 Å². The maximum absolute atomic E-state index is 13.2. The molecule has 0 aliphatic carbocycles. The van der Waals surface area contributed by atoms with Crippen LogP contribution in [0.25, 0.3) is 0 Å². The first kappa shape index (κ1) is 23.4. The van der Waals surface area contributed by atoms with Crippen LogP contribution >= 0.6 is 46.4 Å². The van der Waals surface area contributed by atoms with Gasteiger partial charge in [0.1, 0.15) is 16.6 Å². The van der Waals surface area contributed by atoms with Gasteiger partial charge in [-0.2, -0.15) is 10.2 Å². The Hall–Kier alpha value is -2.78. The summed E-state index contributed by atoms with van der Waals surface area (Å²) in [5, 5.41) is 12.2. The van der Waals surface area contributed by atoms with Crippen LogP contribution < -0.4 is 10.1 Å². The van der Waals surface area contributed by atoms with Crippen molar-refractivity contribution < 1.29 is 13.9 Å². The standard InChI is InChI=1S/C21H14Cl4FN5O2/c22-14-2-1-3-15(23)13(14)9-31-10-17(25)20(29-31)27-21(32)19-6-7-30(28-19)11-33-12-4-5-18(26)16(24)8-12/h1-8,10H,9,11H2,(H,27,29,32). The van der Waals surface area contributed by atoms with Gasteiger partial charge in [0.15, 0.2) is 18.2 Å². The summed E-state index contributed by atoms with van der Waals surface area (Å²) in [6, 6.07) is 10.7. The van der Waals surface area contributed by atoms with Crippen LogP contribution in [-0.2, 0) is 13.3 Å². The predicted octanol–water partition coefficient (Wildman–Crippen LogP) is 6.17. The Kier molecular flexibility index (Phi) is 7.09. The lowest BCUT2D eigenvalue weighted by Gasteiger charge is -2.07. The molecular weight excluding hydrogens is 515 g/mol. The van der Waals surface area contributed by atoms with Gasteiger partial charge in [-0.15, -0.1) is 0 Å². The number of ether oxygens (including phenoxy) is 1. The van der Waals surface area contributed by atoms with E-state index in [0.29, 0.717) is 21.4 Å². The molecule has 0 radical (unpaired) electrons. The van der Waals surface area contributed by atoms with Crippen molar-refractivity contribution in [3.8, 4) is 5.75 Å². The molecule has 0 atom stereocenters. The lowest BCUT2D eigenvalue weighted by molar-refractivity contribution is 0.101. The molecule has 170 valence electrons. The molecule has 0 fully saturated rings. The Labute approximate surface area is 207 Å². The van der Waals surface area contributed by atoms with E-state index < -0.39 is 11.7 Å². The number of anilines is 1. The van der Waals surface area contributed by atoms with E-state index >= 15 is 0 Å². The minimum atomic E-state index is -0.543. The minimum Gasteiger partial charge on any atom is -0.471 e. The second kappa shape index (κ2) is 10.0. The van der Waals surface area contributed by atoms with Crippen LogP contribution in [0.1, 0.15) is 16.1 Å². The monoisotopic (exact) mass is 527 g/mol. The molecule has 0 bridgehead atoms. The number of rotatable bonds is 7. The van der Waals surface area contributed by atoms with Crippen LogP contribution in [0.4, 0.5) is 10.2 Å². The number of carbonyl (C=O) groups excluding carboxylic acids is 1. The lowest BCUT2D eigenvalue weighted by atomic mass is 10.2. The Balaban J connectivity index is 1.39. The highest BCUT2D eigenvalue weighted by Crippen LogP contribution is 2.27. The molecule has 4 rings (SSSR count). The number of nitrogens with one attached hydrogen (secondary N) is 1. The Morgan fingerprint density at radius 3 is 2.45 bits per heavy atom. The highest BCUT2D eigenvalue weighted by Gasteiger charge is 2.16. The van der Waals surface area contributed by atoms with E-state index in [1.54, 1.807) is 30.6 Å². The topological polar surface area (TPSA) is 74.0 Å². The van der Waals surface area contributed by atoms with Gasteiger partial charge < -0.3 is 10.1 Å². The molecule has 2 heterocycles. The van der Waals surface area contributed by atoms with Gasteiger partial charge in [0, 0.05) is 34.1 Å². The maximum Gasteiger partial charge on any atom is 0.277 e. The third-order valence-corrected chi connectivity index (χ3v) is 5.73. The molecule has 0 aliphatic heterocycles. The molecule has 2 aromatic heterocycles. The number of halogens is 5. The van der Waals surface area contributed by atoms with Crippen molar-refractivity contribution in [2.75, 3.05) is 5.32 Å². The molecule has 33 heavy (non-hydrogen) atoms. The Morgan fingerprint density at radius 1 is 0.970 bits per heavy atom. The number of nitrogens with zero attached hydrogens (tertiary/aromatic N) is 4. The van der Waals surface area contributed by atoms with Gasteiger partial charge in [-0.3, -0.25) is 9.48 Å². The summed E-state index contributed by atoms with van der Waals surface area (Å²) in [5.74, 6) is -0.532. The highest BCUT2D eigenvalue weighted by atomic mass is 35.5. The van der Waals surface area contributed by atoms with Gasteiger partial charge >= 0.3 is 0 Å². The summed E-state index contributed by atoms with van der Waals surface area (Å²) >= 11 is 24.4. The third-order valence-electron chi connectivity index (χ3n) is 4.46. The zero-order valence-electron chi connectivity index (χ0n) is 16.6. The maximum atomic E-state index is 13.2. The van der Waals surface area contributed by atoms with Crippen molar-refractivity contribution in [1.82, 2.24) is 19.6 Å². The SMILES string of the molecule is O=C(Nc1nn(Cc2c(Cl)cccc2Cl)cc1Cl)c1ccn(COc2ccc(F)c(Cl)c2)n1. The van der Waals surface area contributed by atoms with Crippen LogP contribution in [0.15, 0.2) is 54.9 Å². The van der Waals surface area contributed by atoms with Gasteiger partial charge in [-0.05, 0) is 30.3 Å². The van der Waals surface area contributed by atoms with Gasteiger partial charge in [0.25, 0.3) is 5.91 Å². The summed E-state index contributed by atoms with van der Waals surface area (Å²) in [6.45, 7) is 0.261. The van der Waals surface area contributed by atoms with Crippen LogP contribution in [0.2, 0.25) is 20.1 Å². The number of hydrogen-bond acceptors (Lipinski definition) is 4. The quantitative estimate of drug-likeness (QED) is 0.311. The second-order valence-electron chi connectivity index (χ2n) is 6.77. The van der Waals surface area contributed by atoms with E-state index in [-0.39, 0.29) is 34.8 Å². The molecule has 2 aromatic carbocycles. The van der Waals surface area contributed by atoms with E-state index in [1.165, 1.54) is 33.6 Å². The molecule has 4 aromatic rings. The summed E-state index contributed by atoms with van der Waals surface area (Å²) in [4.78, 5) is 12.6. The first-order valence-corrected chi connectivity index (χ1v) is 10.9. The number of aromatic nitrogens is 4. The molecule has 0 unspecified atom stereocenters. The average Bonchev–Trinajstić information content (AvgIpc) is 3.38. The third kappa shape index (κ3) is 5.59. The number of benzene rings is 2. The number of carbonyl (C=O) groups is 1. The fourth-order valence-corrected chi connectivity index (χ4v) is 3.73. The van der Waals surface area contributed by atoms with E-state index in [2.05, 4.69) is 15.5 Å². The highest BCUT2D eigenvalue weighted by molar-refractivity contribution is 6.36. The first-order chi connectivity index (χ1) is 15.8. The molecular formula is C21H14Cl4FN5O2. The van der Waals surface area contributed by atoms with E-state index in [1.807, 2.05) is 0 Å². The second-order valence-corrected chi connectivity index (χ2v) is 8.40. The summed E-state index contributed by atoms with van der Waals surface area (Å²) in [7, 11) is 0. The van der Waals surface area contributed by atoms with Crippen molar-refractivity contribution in [3.63, 3.8) is 0 Å². The molecule has 1 amide bonds. The normalized spacial score (nSPS) is 10.9. The van der Waals surface area contributed by atoms with Crippen molar-refractivity contribution in [3.05, 3.63) is 92.0 Å². The van der Waals surface area contributed by atoms with Gasteiger partial charge in [-0.1, -0.05) is 52.5 Å². The molecule has 0 aliphatic rings. The van der Waals surface area contributed by atoms with Crippen LogP contribution in [-0.4, -0.2) is 25.5 Å². The van der Waals surface area contributed by atoms with Crippen molar-refractivity contribution in [2.45, 2.75) is 13.3 Å². The van der Waals surface area contributed by atoms with Crippen LogP contribution in [0, 0.1) is 5.82 Å². The molecule has 7 nitrogen and oxygen atoms in total. The van der Waals surface area contributed by atoms with E-state index in [4.69, 9.17) is 51.1 Å². The van der Waals surface area contributed by atoms with E-state index in [0.717, 1.165) is 0 Å². The summed E-state index contributed by atoms with van der Waals surface area (Å²) in [5.41, 5.74) is 0.801. The van der Waals surface area contributed by atoms with Crippen molar-refractivity contribution in [1.29, 1.82) is 0 Å². The molecule has 0 saturated heterocycles. The average molecular weight is 529 g/mol. The van der Waals surface area contributed by atoms with Crippen molar-refractivity contribution in [2.24, 2.45) is 0 Å². The zero-order chi connectivity index (χ0) is 23.5. The van der Waals surface area contributed by atoms with Crippen LogP contribution in [0.3, 0.4) is 0 Å². The molecule has 0 saturated carbocycles. The zero-order valence-corrected chi connectivity index (χ0v) is 19.6. The fraction of sp³-hybridized carbons (Fsp3) is 0.0952. The summed E-state index contributed by atoms with van der Waals surface area (Å²) in [6.07, 6.45) is 3.11. The largest absolute Gasteiger partial charge is 0.471 e. The van der Waals surface area contributed by atoms with Gasteiger partial charge in [0.2, 0.25) is 0 Å². The Bertz CT molecular complexity index is 1300. The van der Waals surface area contributed by atoms with Crippen molar-refractivity contribution >= 4 is 58.1 Å².